The van der Waals surface area contributed by atoms with Crippen LogP contribution in [0.3, 0.4) is 0 Å². The molecule has 3 N–H and O–H groups in total. The van der Waals surface area contributed by atoms with E-state index in [1.165, 1.54) is 23.9 Å². The van der Waals surface area contributed by atoms with E-state index < -0.39 is 17.8 Å². The van der Waals surface area contributed by atoms with Gasteiger partial charge in [0.25, 0.3) is 0 Å². The van der Waals surface area contributed by atoms with Gasteiger partial charge in [-0.05, 0) is 17.7 Å². The number of carboxylic acid groups (broad SMARTS) is 1. The van der Waals surface area contributed by atoms with Crippen LogP contribution in [0.4, 0.5) is 4.39 Å². The van der Waals surface area contributed by atoms with Crippen LogP contribution in [-0.4, -0.2) is 22.9 Å². The van der Waals surface area contributed by atoms with Crippen molar-refractivity contribution < 1.29 is 14.3 Å². The summed E-state index contributed by atoms with van der Waals surface area (Å²) in [4.78, 5) is 10.5. The Bertz CT molecular complexity index is 459. The van der Waals surface area contributed by atoms with Gasteiger partial charge < -0.3 is 10.8 Å². The zero-order valence-corrected chi connectivity index (χ0v) is 9.71. The zero-order valence-electron chi connectivity index (χ0n) is 8.89. The van der Waals surface area contributed by atoms with Gasteiger partial charge >= 0.3 is 5.97 Å². The molecule has 0 fully saturated rings. The number of carboxylic acids is 1. The molecule has 0 amide bonds. The van der Waals surface area contributed by atoms with Crippen LogP contribution < -0.4 is 5.73 Å². The van der Waals surface area contributed by atoms with Gasteiger partial charge in [0.05, 0.1) is 11.6 Å². The van der Waals surface area contributed by atoms with Crippen LogP contribution in [0.1, 0.15) is 11.1 Å². The predicted molar refractivity (Wildman–Crippen MR) is 62.9 cm³/mol. The number of nitrogens with two attached hydrogens (primary N) is 1. The average molecular weight is 254 g/mol. The van der Waals surface area contributed by atoms with Crippen LogP contribution in [0.2, 0.25) is 0 Å². The molecule has 1 aromatic carbocycles. The maximum Gasteiger partial charge on any atom is 0.321 e. The van der Waals surface area contributed by atoms with Crippen molar-refractivity contribution in [1.82, 2.24) is 0 Å². The SMILES string of the molecule is N#Cc1cc(F)ccc1CSCC(N)C(=O)O. The highest BCUT2D eigenvalue weighted by atomic mass is 32.2. The Morgan fingerprint density at radius 1 is 1.65 bits per heavy atom. The molecule has 6 heteroatoms. The predicted octanol–water partition coefficient (Wildman–Crippen LogP) is 1.34. The van der Waals surface area contributed by atoms with E-state index in [4.69, 9.17) is 16.1 Å². The average Bonchev–Trinajstić information content (AvgIpc) is 2.30. The van der Waals surface area contributed by atoms with Gasteiger partial charge in [0.2, 0.25) is 0 Å². The van der Waals surface area contributed by atoms with E-state index in [2.05, 4.69) is 0 Å². The molecular weight excluding hydrogens is 243 g/mol. The summed E-state index contributed by atoms with van der Waals surface area (Å²) in [7, 11) is 0. The fraction of sp³-hybridized carbons (Fsp3) is 0.273. The molecule has 0 aliphatic heterocycles. The van der Waals surface area contributed by atoms with E-state index >= 15 is 0 Å². The maximum atomic E-state index is 12.8. The summed E-state index contributed by atoms with van der Waals surface area (Å²) in [6.07, 6.45) is 0. The fourth-order valence-corrected chi connectivity index (χ4v) is 2.13. The van der Waals surface area contributed by atoms with Crippen molar-refractivity contribution in [2.75, 3.05) is 5.75 Å². The van der Waals surface area contributed by atoms with Gasteiger partial charge in [0, 0.05) is 11.5 Å². The Kier molecular flexibility index (Phi) is 4.94. The number of hydrogen-bond acceptors (Lipinski definition) is 4. The van der Waals surface area contributed by atoms with Crippen LogP contribution in [0.15, 0.2) is 18.2 Å². The van der Waals surface area contributed by atoms with Gasteiger partial charge in [-0.1, -0.05) is 6.07 Å². The fourth-order valence-electron chi connectivity index (χ4n) is 1.15. The molecule has 0 aromatic heterocycles. The highest BCUT2D eigenvalue weighted by Crippen LogP contribution is 2.17. The lowest BCUT2D eigenvalue weighted by Gasteiger charge is -2.07. The number of benzene rings is 1. The van der Waals surface area contributed by atoms with E-state index in [1.54, 1.807) is 0 Å². The molecule has 0 radical (unpaired) electrons. The summed E-state index contributed by atoms with van der Waals surface area (Å²) in [6, 6.07) is 4.92. The van der Waals surface area contributed by atoms with Crippen molar-refractivity contribution in [2.24, 2.45) is 5.73 Å². The van der Waals surface area contributed by atoms with Gasteiger partial charge in [-0.2, -0.15) is 17.0 Å². The Labute approximate surface area is 102 Å². The van der Waals surface area contributed by atoms with Crippen molar-refractivity contribution in [2.45, 2.75) is 11.8 Å². The lowest BCUT2D eigenvalue weighted by atomic mass is 10.1. The normalized spacial score (nSPS) is 11.8. The minimum Gasteiger partial charge on any atom is -0.480 e. The molecule has 0 saturated carbocycles. The third-order valence-corrected chi connectivity index (χ3v) is 3.17. The maximum absolute atomic E-state index is 12.8. The summed E-state index contributed by atoms with van der Waals surface area (Å²) < 4.78 is 12.8. The van der Waals surface area contributed by atoms with Crippen molar-refractivity contribution >= 4 is 17.7 Å². The monoisotopic (exact) mass is 254 g/mol. The molecule has 1 unspecified atom stereocenters. The van der Waals surface area contributed by atoms with E-state index in [0.29, 0.717) is 11.3 Å². The summed E-state index contributed by atoms with van der Waals surface area (Å²) in [5.74, 6) is -0.837. The number of nitrogens with zero attached hydrogens (tertiary/aromatic N) is 1. The molecule has 1 atom stereocenters. The summed E-state index contributed by atoms with van der Waals surface area (Å²) >= 11 is 1.30. The number of halogens is 1. The second-order valence-electron chi connectivity index (χ2n) is 3.37. The molecule has 0 aliphatic rings. The smallest absolute Gasteiger partial charge is 0.321 e. The largest absolute Gasteiger partial charge is 0.480 e. The van der Waals surface area contributed by atoms with E-state index in [1.807, 2.05) is 6.07 Å². The first kappa shape index (κ1) is 13.5. The molecular formula is C11H11FN2O2S. The first-order valence-electron chi connectivity index (χ1n) is 4.79. The van der Waals surface area contributed by atoms with Gasteiger partial charge in [-0.15, -0.1) is 0 Å². The summed E-state index contributed by atoms with van der Waals surface area (Å²) in [5, 5.41) is 17.4. The standard InChI is InChI=1S/C11H11FN2O2S/c12-9-2-1-7(8(3-9)4-13)5-17-6-10(14)11(15)16/h1-3,10H,5-6,14H2,(H,15,16). The number of thioether (sulfide) groups is 1. The number of rotatable bonds is 5. The van der Waals surface area contributed by atoms with Crippen LogP contribution in [-0.2, 0) is 10.5 Å². The van der Waals surface area contributed by atoms with Gasteiger partial charge in [0.15, 0.2) is 0 Å². The minimum absolute atomic E-state index is 0.248. The van der Waals surface area contributed by atoms with Crippen molar-refractivity contribution in [3.8, 4) is 6.07 Å². The van der Waals surface area contributed by atoms with Crippen LogP contribution in [0.5, 0.6) is 0 Å². The number of hydrogen-bond donors (Lipinski definition) is 2. The lowest BCUT2D eigenvalue weighted by molar-refractivity contribution is -0.137. The molecule has 0 saturated heterocycles. The van der Waals surface area contributed by atoms with E-state index in [9.17, 15) is 9.18 Å². The Balaban J connectivity index is 2.58. The molecule has 17 heavy (non-hydrogen) atoms. The molecule has 0 heterocycles. The summed E-state index contributed by atoms with van der Waals surface area (Å²) in [5.41, 5.74) is 6.27. The van der Waals surface area contributed by atoms with Crippen molar-refractivity contribution in [3.63, 3.8) is 0 Å². The highest BCUT2D eigenvalue weighted by molar-refractivity contribution is 7.98. The number of carbonyl (C=O) groups is 1. The first-order valence-corrected chi connectivity index (χ1v) is 5.94. The van der Waals surface area contributed by atoms with Gasteiger partial charge in [-0.25, -0.2) is 4.39 Å². The van der Waals surface area contributed by atoms with Crippen molar-refractivity contribution in [1.29, 1.82) is 5.26 Å². The van der Waals surface area contributed by atoms with E-state index in [0.717, 1.165) is 6.07 Å². The Morgan fingerprint density at radius 2 is 2.35 bits per heavy atom. The minimum atomic E-state index is -1.06. The van der Waals surface area contributed by atoms with Crippen molar-refractivity contribution in [3.05, 3.63) is 35.1 Å². The Hall–Kier alpha value is -1.58. The van der Waals surface area contributed by atoms with Crippen LogP contribution in [0.25, 0.3) is 0 Å². The molecule has 1 rings (SSSR count). The second-order valence-corrected chi connectivity index (χ2v) is 4.40. The third-order valence-electron chi connectivity index (χ3n) is 2.06. The van der Waals surface area contributed by atoms with Crippen LogP contribution in [0, 0.1) is 17.1 Å². The summed E-state index contributed by atoms with van der Waals surface area (Å²) in [6.45, 7) is 0. The number of aliphatic carboxylic acids is 1. The number of nitriles is 1. The quantitative estimate of drug-likeness (QED) is 0.828. The zero-order chi connectivity index (χ0) is 12.8. The van der Waals surface area contributed by atoms with Gasteiger partial charge in [0.1, 0.15) is 11.9 Å². The Morgan fingerprint density at radius 3 is 2.94 bits per heavy atom. The second kappa shape index (κ2) is 6.23. The third kappa shape index (κ3) is 4.06. The van der Waals surface area contributed by atoms with Crippen LogP contribution >= 0.6 is 11.8 Å². The highest BCUT2D eigenvalue weighted by Gasteiger charge is 2.11. The topological polar surface area (TPSA) is 87.1 Å². The van der Waals surface area contributed by atoms with Gasteiger partial charge in [-0.3, -0.25) is 4.79 Å². The molecule has 0 bridgehead atoms. The molecule has 1 aromatic rings. The molecule has 0 spiro atoms. The first-order chi connectivity index (χ1) is 8.04. The molecule has 90 valence electrons. The molecule has 0 aliphatic carbocycles. The lowest BCUT2D eigenvalue weighted by Crippen LogP contribution is -2.32. The van der Waals surface area contributed by atoms with E-state index in [-0.39, 0.29) is 11.3 Å². The molecule has 4 nitrogen and oxygen atoms in total.